The van der Waals surface area contributed by atoms with E-state index in [1.807, 2.05) is 0 Å². The van der Waals surface area contributed by atoms with Gasteiger partial charge >= 0.3 is 0 Å². The van der Waals surface area contributed by atoms with Gasteiger partial charge in [-0.2, -0.15) is 0 Å². The van der Waals surface area contributed by atoms with Crippen molar-refractivity contribution < 1.29 is 0 Å². The van der Waals surface area contributed by atoms with Crippen molar-refractivity contribution in [1.82, 2.24) is 9.13 Å². The van der Waals surface area contributed by atoms with E-state index >= 15 is 0 Å². The Bertz CT molecular complexity index is 3750. The Balaban J connectivity index is 0.917. The molecule has 0 saturated heterocycles. The monoisotopic (exact) mass is 817 g/mol. The van der Waals surface area contributed by atoms with Crippen LogP contribution in [-0.4, -0.2) is 9.13 Å². The topological polar surface area (TPSA) is 13.1 Å². The average molecular weight is 818 g/mol. The fourth-order valence-corrected chi connectivity index (χ4v) is 10.8. The second kappa shape index (κ2) is 13.9. The molecule has 0 N–H and O–H groups in total. The van der Waals surface area contributed by atoms with Crippen LogP contribution in [0, 0.1) is 0 Å². The number of fused-ring (bicyclic) bond motifs is 10. The number of benzene rings is 10. The minimum Gasteiger partial charge on any atom is -0.310 e. The minimum atomic E-state index is -0.227. The molecule has 2 aromatic heterocycles. The smallest absolute Gasteiger partial charge is 0.0541 e. The fraction of sp³-hybridized carbons (Fsp3) is 0.0492. The first-order chi connectivity index (χ1) is 31.5. The maximum atomic E-state index is 2.45. The molecule has 302 valence electrons. The molecule has 0 unspecified atom stereocenters. The standard InChI is InChI=1S/C61H43N3/c1-61(2)54-38-42(41-28-36-60-53(37-41)52-22-10-13-25-59(52)63(60)43-17-4-3-5-18-43)27-34-48(54)49-35-33-46(39-55(49)61)62(56-26-14-16-40-15-6-7-19-47(40)56)44-29-31-45(32-30-44)64-57-23-11-8-20-50(57)51-21-9-12-24-58(51)64/h3-39H,1-2H3. The molecule has 64 heavy (non-hydrogen) atoms. The van der Waals surface area contributed by atoms with E-state index in [9.17, 15) is 0 Å². The molecule has 3 heteroatoms. The predicted octanol–water partition coefficient (Wildman–Crippen LogP) is 16.5. The molecule has 1 aliphatic carbocycles. The Labute approximate surface area is 372 Å². The molecular formula is C61H43N3. The summed E-state index contributed by atoms with van der Waals surface area (Å²) in [6, 6.07) is 82.6. The molecule has 13 rings (SSSR count). The summed E-state index contributed by atoms with van der Waals surface area (Å²) in [5.74, 6) is 0. The van der Waals surface area contributed by atoms with Crippen LogP contribution in [0.15, 0.2) is 224 Å². The van der Waals surface area contributed by atoms with Crippen molar-refractivity contribution in [3.63, 3.8) is 0 Å². The lowest BCUT2D eigenvalue weighted by atomic mass is 9.81. The zero-order valence-electron chi connectivity index (χ0n) is 35.7. The first-order valence-electron chi connectivity index (χ1n) is 22.3. The highest BCUT2D eigenvalue weighted by Gasteiger charge is 2.36. The lowest BCUT2D eigenvalue weighted by Crippen LogP contribution is -2.17. The molecule has 3 nitrogen and oxygen atoms in total. The molecule has 0 saturated carbocycles. The van der Waals surface area contributed by atoms with Gasteiger partial charge in [0.15, 0.2) is 0 Å². The van der Waals surface area contributed by atoms with Crippen molar-refractivity contribution in [2.24, 2.45) is 0 Å². The van der Waals surface area contributed by atoms with Gasteiger partial charge in [0.05, 0.1) is 27.8 Å². The molecule has 0 spiro atoms. The van der Waals surface area contributed by atoms with E-state index in [-0.39, 0.29) is 5.41 Å². The molecule has 10 aromatic carbocycles. The van der Waals surface area contributed by atoms with Gasteiger partial charge in [0.2, 0.25) is 0 Å². The summed E-state index contributed by atoms with van der Waals surface area (Å²) in [7, 11) is 0. The number of aromatic nitrogens is 2. The molecular weight excluding hydrogens is 775 g/mol. The van der Waals surface area contributed by atoms with Crippen LogP contribution in [0.5, 0.6) is 0 Å². The lowest BCUT2D eigenvalue weighted by molar-refractivity contribution is 0.660. The third-order valence-corrected chi connectivity index (χ3v) is 13.9. The van der Waals surface area contributed by atoms with E-state index in [0.29, 0.717) is 0 Å². The van der Waals surface area contributed by atoms with Crippen LogP contribution < -0.4 is 4.90 Å². The molecule has 0 fully saturated rings. The second-order valence-electron chi connectivity index (χ2n) is 17.8. The van der Waals surface area contributed by atoms with Gasteiger partial charge in [-0.25, -0.2) is 0 Å². The molecule has 0 amide bonds. The van der Waals surface area contributed by atoms with Crippen molar-refractivity contribution >= 4 is 71.4 Å². The highest BCUT2D eigenvalue weighted by Crippen LogP contribution is 2.52. The number of para-hydroxylation sites is 4. The summed E-state index contributed by atoms with van der Waals surface area (Å²) >= 11 is 0. The van der Waals surface area contributed by atoms with E-state index in [1.54, 1.807) is 0 Å². The van der Waals surface area contributed by atoms with E-state index in [4.69, 9.17) is 0 Å². The van der Waals surface area contributed by atoms with Gasteiger partial charge in [-0.05, 0) is 130 Å². The van der Waals surface area contributed by atoms with Crippen LogP contribution in [0.3, 0.4) is 0 Å². The van der Waals surface area contributed by atoms with Gasteiger partial charge in [0.1, 0.15) is 0 Å². The number of hydrogen-bond donors (Lipinski definition) is 0. The van der Waals surface area contributed by atoms with Gasteiger partial charge in [0.25, 0.3) is 0 Å². The molecule has 0 bridgehead atoms. The fourth-order valence-electron chi connectivity index (χ4n) is 10.8. The first kappa shape index (κ1) is 36.5. The van der Waals surface area contributed by atoms with E-state index in [2.05, 4.69) is 252 Å². The van der Waals surface area contributed by atoms with Gasteiger partial charge < -0.3 is 14.0 Å². The summed E-state index contributed by atoms with van der Waals surface area (Å²) in [4.78, 5) is 2.45. The molecule has 12 aromatic rings. The van der Waals surface area contributed by atoms with Crippen molar-refractivity contribution in [3.05, 3.63) is 236 Å². The Morgan fingerprint density at radius 1 is 0.344 bits per heavy atom. The highest BCUT2D eigenvalue weighted by atomic mass is 15.1. The number of anilines is 3. The molecule has 0 radical (unpaired) electrons. The number of hydrogen-bond acceptors (Lipinski definition) is 1. The maximum Gasteiger partial charge on any atom is 0.0541 e. The van der Waals surface area contributed by atoms with Crippen molar-refractivity contribution in [1.29, 1.82) is 0 Å². The van der Waals surface area contributed by atoms with E-state index in [1.165, 1.54) is 93.5 Å². The molecule has 2 heterocycles. The molecule has 1 aliphatic rings. The Morgan fingerprint density at radius 2 is 0.828 bits per heavy atom. The summed E-state index contributed by atoms with van der Waals surface area (Å²) in [6.45, 7) is 4.79. The quantitative estimate of drug-likeness (QED) is 0.163. The van der Waals surface area contributed by atoms with Gasteiger partial charge in [-0.15, -0.1) is 0 Å². The lowest BCUT2D eigenvalue weighted by Gasteiger charge is -2.29. The molecule has 0 aliphatic heterocycles. The average Bonchev–Trinajstić information content (AvgIpc) is 3.94. The maximum absolute atomic E-state index is 2.45. The van der Waals surface area contributed by atoms with Crippen LogP contribution in [0.25, 0.3) is 88.0 Å². The number of rotatable bonds is 6. The van der Waals surface area contributed by atoms with Crippen LogP contribution in [-0.2, 0) is 5.41 Å². The van der Waals surface area contributed by atoms with Gasteiger partial charge in [-0.3, -0.25) is 0 Å². The summed E-state index contributed by atoms with van der Waals surface area (Å²) < 4.78 is 4.78. The zero-order chi connectivity index (χ0) is 42.5. The Morgan fingerprint density at radius 3 is 1.52 bits per heavy atom. The second-order valence-corrected chi connectivity index (χ2v) is 17.8. The largest absolute Gasteiger partial charge is 0.310 e. The normalized spacial score (nSPS) is 13.0. The summed E-state index contributed by atoms with van der Waals surface area (Å²) in [5, 5.41) is 7.50. The van der Waals surface area contributed by atoms with Gasteiger partial charge in [0, 0.05) is 55.1 Å². The SMILES string of the molecule is CC1(C)c2cc(-c3ccc4c(c3)c3ccccc3n4-c3ccccc3)ccc2-c2ccc(N(c3ccc(-n4c5ccccc5c5ccccc54)cc3)c3cccc4ccccc34)cc21. The summed E-state index contributed by atoms with van der Waals surface area (Å²) in [6.07, 6.45) is 0. The van der Waals surface area contributed by atoms with Crippen molar-refractivity contribution in [3.8, 4) is 33.6 Å². The number of nitrogens with zero attached hydrogens (tertiary/aromatic N) is 3. The third-order valence-electron chi connectivity index (χ3n) is 13.9. The third kappa shape index (κ3) is 5.41. The molecule has 0 atom stereocenters. The van der Waals surface area contributed by atoms with Crippen LogP contribution in [0.4, 0.5) is 17.1 Å². The van der Waals surface area contributed by atoms with E-state index < -0.39 is 0 Å². The highest BCUT2D eigenvalue weighted by molar-refractivity contribution is 6.11. The minimum absolute atomic E-state index is 0.227. The summed E-state index contributed by atoms with van der Waals surface area (Å²) in [5.41, 5.74) is 18.1. The van der Waals surface area contributed by atoms with E-state index in [0.717, 1.165) is 22.7 Å². The predicted molar refractivity (Wildman–Crippen MR) is 270 cm³/mol. The van der Waals surface area contributed by atoms with Crippen molar-refractivity contribution in [2.75, 3.05) is 4.90 Å². The van der Waals surface area contributed by atoms with Crippen LogP contribution in [0.2, 0.25) is 0 Å². The Kier molecular flexibility index (Phi) is 7.95. The first-order valence-corrected chi connectivity index (χ1v) is 22.3. The zero-order valence-corrected chi connectivity index (χ0v) is 35.7. The van der Waals surface area contributed by atoms with Gasteiger partial charge in [-0.1, -0.05) is 147 Å². The Hall–Kier alpha value is -8.14. The van der Waals surface area contributed by atoms with Crippen LogP contribution >= 0.6 is 0 Å². The van der Waals surface area contributed by atoms with Crippen LogP contribution in [0.1, 0.15) is 25.0 Å². The van der Waals surface area contributed by atoms with Crippen molar-refractivity contribution in [2.45, 2.75) is 19.3 Å².